The molecule has 3 aliphatic heterocycles. The Labute approximate surface area is 272 Å². The van der Waals surface area contributed by atoms with Gasteiger partial charge in [0.25, 0.3) is 5.56 Å². The van der Waals surface area contributed by atoms with Gasteiger partial charge < -0.3 is 29.0 Å². The number of anilines is 1. The second kappa shape index (κ2) is 11.9. The molecule has 0 bridgehead atoms. The topological polar surface area (TPSA) is 129 Å². The Morgan fingerprint density at radius 3 is 2.53 bits per heavy atom. The number of nitrogens with zero attached hydrogens (tertiary/aromatic N) is 5. The summed E-state index contributed by atoms with van der Waals surface area (Å²) in [6, 6.07) is 2.65. The number of amides is 2. The lowest BCUT2D eigenvalue weighted by Gasteiger charge is -2.39. The van der Waals surface area contributed by atoms with Crippen LogP contribution in [0.4, 0.5) is 23.7 Å². The third-order valence-electron chi connectivity index (χ3n) is 8.37. The summed E-state index contributed by atoms with van der Waals surface area (Å²) >= 11 is 6.11. The summed E-state index contributed by atoms with van der Waals surface area (Å²) in [4.78, 5) is 46.7. The number of ether oxygens (including phenoxy) is 3. The maximum absolute atomic E-state index is 14.2. The van der Waals surface area contributed by atoms with E-state index < -0.39 is 46.6 Å². The molecule has 16 heteroatoms. The highest BCUT2D eigenvalue weighted by molar-refractivity contribution is 6.33. The molecule has 47 heavy (non-hydrogen) atoms. The minimum atomic E-state index is -4.60. The Morgan fingerprint density at radius 1 is 1.19 bits per heavy atom. The molecule has 6 rings (SSSR count). The molecule has 0 saturated carbocycles. The van der Waals surface area contributed by atoms with Crippen molar-refractivity contribution in [1.82, 2.24) is 24.1 Å². The first-order valence-corrected chi connectivity index (χ1v) is 15.6. The van der Waals surface area contributed by atoms with Gasteiger partial charge in [-0.2, -0.15) is 22.7 Å². The van der Waals surface area contributed by atoms with Crippen LogP contribution in [0.2, 0.25) is 5.02 Å². The van der Waals surface area contributed by atoms with Crippen LogP contribution < -0.4 is 10.9 Å². The van der Waals surface area contributed by atoms with Gasteiger partial charge >= 0.3 is 12.3 Å². The van der Waals surface area contributed by atoms with Crippen molar-refractivity contribution in [3.8, 4) is 0 Å². The van der Waals surface area contributed by atoms with E-state index in [1.165, 1.54) is 0 Å². The molecule has 2 amide bonds. The molecular formula is C31H34ClF3N6O6. The largest absolute Gasteiger partial charge is 0.444 e. The molecule has 3 aliphatic rings. The van der Waals surface area contributed by atoms with E-state index in [9.17, 15) is 27.6 Å². The number of fused-ring (bicyclic) bond motifs is 3. The smallest absolute Gasteiger partial charge is 0.416 e. The third kappa shape index (κ3) is 6.35. The van der Waals surface area contributed by atoms with Crippen LogP contribution in [0.5, 0.6) is 0 Å². The van der Waals surface area contributed by atoms with Gasteiger partial charge in [0.15, 0.2) is 5.82 Å². The number of carbonyl (C=O) groups excluding carboxylic acids is 2. The highest BCUT2D eigenvalue weighted by Gasteiger charge is 2.51. The number of benzene rings is 1. The molecule has 252 valence electrons. The van der Waals surface area contributed by atoms with Gasteiger partial charge in [0, 0.05) is 13.1 Å². The SMILES string of the molecule is CC1OC2(CCN(C(=O)OC(C)(C)C)CC2)c2c1n(CC(=O)Nc1ccc(C(F)(F)F)cc1Cl)c1nc(C3=CCOCC3)nn1c2=O. The molecule has 2 aromatic heterocycles. The molecule has 1 spiro atoms. The van der Waals surface area contributed by atoms with Crippen molar-refractivity contribution in [2.45, 2.75) is 77.0 Å². The van der Waals surface area contributed by atoms with Gasteiger partial charge in [0.05, 0.1) is 46.8 Å². The van der Waals surface area contributed by atoms with Crippen LogP contribution >= 0.6 is 11.6 Å². The van der Waals surface area contributed by atoms with Crippen LogP contribution in [0.25, 0.3) is 11.4 Å². The van der Waals surface area contributed by atoms with Crippen molar-refractivity contribution in [2.75, 3.05) is 31.6 Å². The number of halogens is 4. The number of alkyl halides is 3. The zero-order chi connectivity index (χ0) is 33.9. The Kier molecular flexibility index (Phi) is 8.37. The number of piperidine rings is 1. The van der Waals surface area contributed by atoms with E-state index >= 15 is 0 Å². The molecule has 1 aromatic carbocycles. The van der Waals surface area contributed by atoms with Crippen molar-refractivity contribution in [3.05, 3.63) is 62.3 Å². The Morgan fingerprint density at radius 2 is 1.91 bits per heavy atom. The van der Waals surface area contributed by atoms with Crippen LogP contribution in [0.1, 0.15) is 75.7 Å². The molecule has 1 saturated heterocycles. The van der Waals surface area contributed by atoms with E-state index in [-0.39, 0.29) is 36.1 Å². The zero-order valence-electron chi connectivity index (χ0n) is 26.2. The summed E-state index contributed by atoms with van der Waals surface area (Å²) in [5.74, 6) is -0.206. The van der Waals surface area contributed by atoms with Crippen LogP contribution in [-0.4, -0.2) is 68.0 Å². The first-order chi connectivity index (χ1) is 22.1. The average molecular weight is 679 g/mol. The lowest BCUT2D eigenvalue weighted by molar-refractivity contribution is -0.137. The fourth-order valence-corrected chi connectivity index (χ4v) is 6.50. The van der Waals surface area contributed by atoms with Crippen molar-refractivity contribution in [2.24, 2.45) is 0 Å². The van der Waals surface area contributed by atoms with Crippen molar-refractivity contribution in [3.63, 3.8) is 0 Å². The van der Waals surface area contributed by atoms with Crippen molar-refractivity contribution >= 4 is 40.6 Å². The Hall–Kier alpha value is -3.95. The van der Waals surface area contributed by atoms with Crippen LogP contribution in [0, 0.1) is 0 Å². The molecule has 1 atom stereocenters. The second-order valence-corrected chi connectivity index (χ2v) is 13.2. The molecule has 1 unspecified atom stereocenters. The number of rotatable bonds is 4. The zero-order valence-corrected chi connectivity index (χ0v) is 27.0. The minimum Gasteiger partial charge on any atom is -0.444 e. The molecule has 0 aliphatic carbocycles. The Balaban J connectivity index is 1.39. The van der Waals surface area contributed by atoms with E-state index in [1.807, 2.05) is 6.08 Å². The van der Waals surface area contributed by atoms with Crippen LogP contribution in [-0.2, 0) is 37.3 Å². The molecule has 12 nitrogen and oxygen atoms in total. The van der Waals surface area contributed by atoms with Gasteiger partial charge in [-0.25, -0.2) is 4.79 Å². The molecule has 1 fully saturated rings. The van der Waals surface area contributed by atoms with Crippen LogP contribution in [0.15, 0.2) is 29.1 Å². The number of hydrogen-bond acceptors (Lipinski definition) is 8. The maximum atomic E-state index is 14.2. The summed E-state index contributed by atoms with van der Waals surface area (Å²) in [6.07, 6.45) is -2.77. The normalized spacial score (nSPS) is 19.5. The number of carbonyl (C=O) groups is 2. The van der Waals surface area contributed by atoms with Gasteiger partial charge in [-0.1, -0.05) is 17.7 Å². The average Bonchev–Trinajstić information content (AvgIpc) is 3.56. The van der Waals surface area contributed by atoms with E-state index in [0.29, 0.717) is 49.6 Å². The highest BCUT2D eigenvalue weighted by Crippen LogP contribution is 2.48. The number of hydrogen-bond donors (Lipinski definition) is 1. The second-order valence-electron chi connectivity index (χ2n) is 12.8. The quantitative estimate of drug-likeness (QED) is 0.393. The summed E-state index contributed by atoms with van der Waals surface area (Å²) in [5.41, 5.74) is -1.61. The van der Waals surface area contributed by atoms with Gasteiger partial charge in [0.1, 0.15) is 17.7 Å². The van der Waals surface area contributed by atoms with Crippen LogP contribution in [0.3, 0.4) is 0 Å². The fraction of sp³-hybridized carbons (Fsp3) is 0.516. The van der Waals surface area contributed by atoms with E-state index in [0.717, 1.165) is 28.3 Å². The van der Waals surface area contributed by atoms with Gasteiger partial charge in [-0.05, 0) is 70.7 Å². The summed E-state index contributed by atoms with van der Waals surface area (Å²) in [5, 5.41) is 6.84. The number of nitrogens with one attached hydrogen (secondary N) is 1. The minimum absolute atomic E-state index is 0.0109. The van der Waals surface area contributed by atoms with Crippen molar-refractivity contribution < 1.29 is 37.0 Å². The van der Waals surface area contributed by atoms with Crippen molar-refractivity contribution in [1.29, 1.82) is 0 Å². The third-order valence-corrected chi connectivity index (χ3v) is 8.69. The van der Waals surface area contributed by atoms with Gasteiger partial charge in [-0.3, -0.25) is 9.59 Å². The maximum Gasteiger partial charge on any atom is 0.416 e. The number of aromatic nitrogens is 4. The lowest BCUT2D eigenvalue weighted by Crippen LogP contribution is -2.48. The molecular weight excluding hydrogens is 645 g/mol. The summed E-state index contributed by atoms with van der Waals surface area (Å²) < 4.78 is 59.7. The highest BCUT2D eigenvalue weighted by atomic mass is 35.5. The predicted molar refractivity (Wildman–Crippen MR) is 164 cm³/mol. The number of likely N-dealkylation sites (tertiary alicyclic amines) is 1. The molecule has 1 N–H and O–H groups in total. The van der Waals surface area contributed by atoms with Gasteiger partial charge in [-0.15, -0.1) is 5.10 Å². The standard InChI is InChI=1S/C31H34ClF3N6O6/c1-17-24-23(30(46-17)9-11-39(12-10-30)28(44)47-29(2,3)4)26(43)41-27(37-25(38-41)18-7-13-45-14-8-18)40(24)16-22(42)36-21-6-5-19(15-20(21)32)31(33,34)35/h5-7,15,17H,8-14,16H2,1-4H3,(H,36,42). The van der Waals surface area contributed by atoms with Gasteiger partial charge in [0.2, 0.25) is 11.7 Å². The Bertz CT molecular complexity index is 1840. The first-order valence-electron chi connectivity index (χ1n) is 15.2. The van der Waals surface area contributed by atoms with E-state index in [4.69, 9.17) is 25.8 Å². The predicted octanol–water partition coefficient (Wildman–Crippen LogP) is 5.32. The lowest BCUT2D eigenvalue weighted by atomic mass is 9.85. The van der Waals surface area contributed by atoms with E-state index in [2.05, 4.69) is 15.4 Å². The molecule has 0 radical (unpaired) electrons. The monoisotopic (exact) mass is 678 g/mol. The molecule has 5 heterocycles. The first kappa shape index (κ1) is 33.0. The fourth-order valence-electron chi connectivity index (χ4n) is 6.27. The molecule has 3 aromatic rings. The van der Waals surface area contributed by atoms with E-state index in [1.54, 1.807) is 37.2 Å². The summed E-state index contributed by atoms with van der Waals surface area (Å²) in [7, 11) is 0. The summed E-state index contributed by atoms with van der Waals surface area (Å²) in [6.45, 7) is 8.10.